The molecule has 0 unspecified atom stereocenters. The van der Waals surface area contributed by atoms with E-state index in [-0.39, 0.29) is 23.0 Å². The molecule has 0 aromatic heterocycles. The van der Waals surface area contributed by atoms with E-state index in [4.69, 9.17) is 18.6 Å². The summed E-state index contributed by atoms with van der Waals surface area (Å²) in [6.07, 6.45) is 7.94. The van der Waals surface area contributed by atoms with Gasteiger partial charge in [-0.2, -0.15) is 0 Å². The normalized spacial score (nSPS) is 35.4. The summed E-state index contributed by atoms with van der Waals surface area (Å²) < 4.78 is 25.5. The molecule has 5 atom stereocenters. The highest BCUT2D eigenvalue weighted by Crippen LogP contribution is 2.62. The van der Waals surface area contributed by atoms with Crippen LogP contribution in [0.25, 0.3) is 0 Å². The third-order valence-corrected chi connectivity index (χ3v) is 13.7. The first-order chi connectivity index (χ1) is 15.6. The van der Waals surface area contributed by atoms with Gasteiger partial charge >= 0.3 is 0 Å². The van der Waals surface area contributed by atoms with Gasteiger partial charge in [0.25, 0.3) is 0 Å². The SMILES string of the molecule is CCO[C@@]12CC[C@H](O)[C@@H](C#C[C@@H](O[Si](C)(C)C(C)(C)C)C3CCCCC3)[C@@H]1CC21OCCO1. The van der Waals surface area contributed by atoms with Gasteiger partial charge in [0, 0.05) is 18.9 Å². The molecule has 0 bridgehead atoms. The zero-order chi connectivity index (χ0) is 23.9. The van der Waals surface area contributed by atoms with E-state index in [2.05, 4.69) is 45.7 Å². The van der Waals surface area contributed by atoms with Crippen LogP contribution in [0.1, 0.15) is 79.1 Å². The molecule has 3 aliphatic carbocycles. The van der Waals surface area contributed by atoms with Gasteiger partial charge in [0.15, 0.2) is 14.1 Å². The number of fused-ring (bicyclic) bond motifs is 2. The molecule has 0 aromatic rings. The molecule has 4 aliphatic rings. The van der Waals surface area contributed by atoms with E-state index in [1.807, 2.05) is 6.92 Å². The van der Waals surface area contributed by atoms with E-state index < -0.39 is 25.8 Å². The molecule has 0 radical (unpaired) electrons. The fourth-order valence-electron chi connectivity index (χ4n) is 6.29. The Hall–Kier alpha value is -0.423. The summed E-state index contributed by atoms with van der Waals surface area (Å²) in [6.45, 7) is 15.4. The van der Waals surface area contributed by atoms with E-state index in [1.54, 1.807) is 0 Å². The number of aliphatic hydroxyl groups excluding tert-OH is 1. The van der Waals surface area contributed by atoms with Gasteiger partial charge in [-0.15, -0.1) is 0 Å². The second kappa shape index (κ2) is 9.56. The molecule has 1 N–H and O–H groups in total. The van der Waals surface area contributed by atoms with E-state index in [9.17, 15) is 5.11 Å². The molecular weight excluding hydrogens is 432 g/mol. The van der Waals surface area contributed by atoms with Crippen molar-refractivity contribution in [2.45, 2.75) is 121 Å². The largest absolute Gasteiger partial charge is 0.403 e. The number of hydrogen-bond acceptors (Lipinski definition) is 5. The van der Waals surface area contributed by atoms with Crippen LogP contribution >= 0.6 is 0 Å². The van der Waals surface area contributed by atoms with Gasteiger partial charge in [0.05, 0.1) is 25.2 Å². The Morgan fingerprint density at radius 3 is 2.36 bits per heavy atom. The Balaban J connectivity index is 1.59. The molecule has 0 amide bonds. The van der Waals surface area contributed by atoms with Crippen molar-refractivity contribution in [1.29, 1.82) is 0 Å². The maximum absolute atomic E-state index is 11.0. The number of rotatable bonds is 5. The zero-order valence-corrected chi connectivity index (χ0v) is 22.7. The predicted molar refractivity (Wildman–Crippen MR) is 132 cm³/mol. The average Bonchev–Trinajstić information content (AvgIpc) is 3.26. The minimum atomic E-state index is -1.96. The van der Waals surface area contributed by atoms with Crippen molar-refractivity contribution >= 4 is 8.32 Å². The summed E-state index contributed by atoms with van der Waals surface area (Å²) in [7, 11) is -1.96. The molecule has 1 saturated heterocycles. The highest BCUT2D eigenvalue weighted by atomic mass is 28.4. The molecule has 3 saturated carbocycles. The third kappa shape index (κ3) is 4.59. The van der Waals surface area contributed by atoms with Crippen LogP contribution in [0.3, 0.4) is 0 Å². The summed E-state index contributed by atoms with van der Waals surface area (Å²) in [5, 5.41) is 11.2. The average molecular weight is 479 g/mol. The van der Waals surface area contributed by atoms with Crippen molar-refractivity contribution in [1.82, 2.24) is 0 Å². The maximum Gasteiger partial charge on any atom is 0.198 e. The first kappa shape index (κ1) is 25.7. The predicted octanol–water partition coefficient (Wildman–Crippen LogP) is 5.27. The smallest absolute Gasteiger partial charge is 0.198 e. The number of aliphatic hydroxyl groups is 1. The van der Waals surface area contributed by atoms with Crippen LogP contribution in [0.15, 0.2) is 0 Å². The van der Waals surface area contributed by atoms with Crippen LogP contribution in [-0.2, 0) is 18.6 Å². The summed E-state index contributed by atoms with van der Waals surface area (Å²) in [5.74, 6) is 7.03. The lowest BCUT2D eigenvalue weighted by Crippen LogP contribution is -2.75. The highest BCUT2D eigenvalue weighted by Gasteiger charge is 2.73. The number of hydrogen-bond donors (Lipinski definition) is 1. The van der Waals surface area contributed by atoms with Crippen molar-refractivity contribution in [3.05, 3.63) is 0 Å². The lowest BCUT2D eigenvalue weighted by atomic mass is 9.52. The minimum Gasteiger partial charge on any atom is -0.403 e. The molecule has 1 heterocycles. The van der Waals surface area contributed by atoms with Crippen LogP contribution in [0.4, 0.5) is 0 Å². The van der Waals surface area contributed by atoms with Crippen molar-refractivity contribution in [2.75, 3.05) is 19.8 Å². The molecule has 4 rings (SSSR count). The summed E-state index contributed by atoms with van der Waals surface area (Å²) in [4.78, 5) is 0. The van der Waals surface area contributed by atoms with Crippen LogP contribution in [-0.4, -0.2) is 56.8 Å². The van der Waals surface area contributed by atoms with Crippen LogP contribution < -0.4 is 0 Å². The molecule has 5 nitrogen and oxygen atoms in total. The second-order valence-electron chi connectivity index (χ2n) is 12.2. The molecule has 4 fully saturated rings. The number of ether oxygens (including phenoxy) is 3. The Morgan fingerprint density at radius 1 is 1.09 bits per heavy atom. The van der Waals surface area contributed by atoms with E-state index in [0.717, 1.165) is 12.8 Å². The van der Waals surface area contributed by atoms with Crippen molar-refractivity contribution < 1.29 is 23.7 Å². The summed E-state index contributed by atoms with van der Waals surface area (Å²) in [6, 6.07) is 0. The zero-order valence-electron chi connectivity index (χ0n) is 21.7. The van der Waals surface area contributed by atoms with Crippen molar-refractivity contribution in [3.63, 3.8) is 0 Å². The summed E-state index contributed by atoms with van der Waals surface area (Å²) in [5.41, 5.74) is -0.489. The maximum atomic E-state index is 11.0. The molecule has 188 valence electrons. The van der Waals surface area contributed by atoms with Crippen LogP contribution in [0.5, 0.6) is 0 Å². The summed E-state index contributed by atoms with van der Waals surface area (Å²) >= 11 is 0. The van der Waals surface area contributed by atoms with Crippen LogP contribution in [0.2, 0.25) is 18.1 Å². The topological polar surface area (TPSA) is 57.2 Å². The highest BCUT2D eigenvalue weighted by molar-refractivity contribution is 6.74. The van der Waals surface area contributed by atoms with Gasteiger partial charge in [-0.05, 0) is 56.7 Å². The van der Waals surface area contributed by atoms with Gasteiger partial charge < -0.3 is 23.7 Å². The Bertz CT molecular complexity index is 738. The fourth-order valence-corrected chi connectivity index (χ4v) is 7.53. The molecule has 1 aliphatic heterocycles. The van der Waals surface area contributed by atoms with E-state index >= 15 is 0 Å². The Morgan fingerprint density at radius 2 is 1.76 bits per heavy atom. The standard InChI is InChI=1S/C27H46O5Si/c1-7-29-26-16-15-23(28)21(22(26)19-27(26)30-17-18-31-27)13-14-24(20-11-9-8-10-12-20)32-33(5,6)25(2,3)4/h20-24,28H,7-12,15-19H2,1-6H3/t21-,22-,23-,24+,26-/m0/s1. The quantitative estimate of drug-likeness (QED) is 0.431. The molecule has 33 heavy (non-hydrogen) atoms. The third-order valence-electron chi connectivity index (χ3n) is 9.25. The van der Waals surface area contributed by atoms with Gasteiger partial charge in [-0.3, -0.25) is 0 Å². The second-order valence-corrected chi connectivity index (χ2v) is 17.0. The lowest BCUT2D eigenvalue weighted by Gasteiger charge is -2.64. The minimum absolute atomic E-state index is 0.0465. The molecule has 0 aromatic carbocycles. The monoisotopic (exact) mass is 478 g/mol. The molecular formula is C27H46O5Si. The first-order valence-electron chi connectivity index (χ1n) is 13.3. The fraction of sp³-hybridized carbons (Fsp3) is 0.926. The van der Waals surface area contributed by atoms with Gasteiger partial charge in [-0.1, -0.05) is 51.9 Å². The molecule has 1 spiro atoms. The Labute approximate surface area is 202 Å². The van der Waals surface area contributed by atoms with Crippen LogP contribution in [0, 0.1) is 29.6 Å². The first-order valence-corrected chi connectivity index (χ1v) is 16.2. The lowest BCUT2D eigenvalue weighted by molar-refractivity contribution is -0.387. The Kier molecular flexibility index (Phi) is 7.43. The molecule has 6 heteroatoms. The van der Waals surface area contributed by atoms with Gasteiger partial charge in [0.1, 0.15) is 11.7 Å². The van der Waals surface area contributed by atoms with E-state index in [0.29, 0.717) is 32.2 Å². The van der Waals surface area contributed by atoms with Gasteiger partial charge in [0.2, 0.25) is 0 Å². The van der Waals surface area contributed by atoms with Gasteiger partial charge in [-0.25, -0.2) is 0 Å². The van der Waals surface area contributed by atoms with E-state index in [1.165, 1.54) is 32.1 Å². The van der Waals surface area contributed by atoms with Crippen molar-refractivity contribution in [2.24, 2.45) is 17.8 Å². The van der Waals surface area contributed by atoms with Crippen molar-refractivity contribution in [3.8, 4) is 11.8 Å².